The molecule has 1 aromatic carbocycles. The van der Waals surface area contributed by atoms with Crippen LogP contribution in [0, 0.1) is 6.92 Å². The van der Waals surface area contributed by atoms with Crippen LogP contribution in [0.1, 0.15) is 19.4 Å². The van der Waals surface area contributed by atoms with Gasteiger partial charge in [-0.05, 0) is 19.1 Å². The SMILES string of the molecule is CC(=O)Nc1ccc(O)c(C)c1OC(C)=O. The lowest BCUT2D eigenvalue weighted by molar-refractivity contribution is -0.132. The largest absolute Gasteiger partial charge is 0.508 e. The van der Waals surface area contributed by atoms with E-state index in [0.717, 1.165) is 0 Å². The summed E-state index contributed by atoms with van der Waals surface area (Å²) in [4.78, 5) is 21.8. The highest BCUT2D eigenvalue weighted by Gasteiger charge is 2.13. The van der Waals surface area contributed by atoms with Crippen molar-refractivity contribution in [2.75, 3.05) is 5.32 Å². The number of phenolic OH excluding ortho intramolecular Hbond substituents is 1. The number of carbonyl (C=O) groups excluding carboxylic acids is 2. The summed E-state index contributed by atoms with van der Waals surface area (Å²) in [6.45, 7) is 4.19. The number of amides is 1. The number of esters is 1. The number of aromatic hydroxyl groups is 1. The minimum atomic E-state index is -0.514. The van der Waals surface area contributed by atoms with Crippen molar-refractivity contribution in [3.05, 3.63) is 17.7 Å². The molecule has 0 fully saturated rings. The van der Waals surface area contributed by atoms with Crippen LogP contribution in [0.4, 0.5) is 5.69 Å². The maximum absolute atomic E-state index is 10.9. The fraction of sp³-hybridized carbons (Fsp3) is 0.273. The Morgan fingerprint density at radius 1 is 1.31 bits per heavy atom. The van der Waals surface area contributed by atoms with Gasteiger partial charge < -0.3 is 15.2 Å². The number of hydrogen-bond donors (Lipinski definition) is 2. The second kappa shape index (κ2) is 4.65. The first-order chi connectivity index (χ1) is 7.41. The predicted molar refractivity (Wildman–Crippen MR) is 58.5 cm³/mol. The van der Waals surface area contributed by atoms with Crippen LogP contribution < -0.4 is 10.1 Å². The van der Waals surface area contributed by atoms with E-state index in [-0.39, 0.29) is 17.4 Å². The van der Waals surface area contributed by atoms with Crippen molar-refractivity contribution in [1.29, 1.82) is 0 Å². The summed E-state index contributed by atoms with van der Waals surface area (Å²) in [6.07, 6.45) is 0. The van der Waals surface area contributed by atoms with Gasteiger partial charge in [-0.3, -0.25) is 9.59 Å². The van der Waals surface area contributed by atoms with Crippen LogP contribution in [0.15, 0.2) is 12.1 Å². The Balaban J connectivity index is 3.20. The van der Waals surface area contributed by atoms with Crippen molar-refractivity contribution in [3.8, 4) is 11.5 Å². The Bertz CT molecular complexity index is 440. The first-order valence-corrected chi connectivity index (χ1v) is 4.70. The number of anilines is 1. The Kier molecular flexibility index (Phi) is 3.50. The summed E-state index contributed by atoms with van der Waals surface area (Å²) in [5.74, 6) is -0.619. The lowest BCUT2D eigenvalue weighted by Crippen LogP contribution is -2.10. The molecular weight excluding hydrogens is 210 g/mol. The molecule has 1 rings (SSSR count). The highest BCUT2D eigenvalue weighted by atomic mass is 16.5. The molecule has 0 aliphatic heterocycles. The smallest absolute Gasteiger partial charge is 0.308 e. The van der Waals surface area contributed by atoms with E-state index in [1.807, 2.05) is 0 Å². The van der Waals surface area contributed by atoms with E-state index < -0.39 is 5.97 Å². The minimum absolute atomic E-state index is 0.00496. The van der Waals surface area contributed by atoms with Crippen LogP contribution in [0.2, 0.25) is 0 Å². The summed E-state index contributed by atoms with van der Waals surface area (Å²) in [5.41, 5.74) is 0.763. The van der Waals surface area contributed by atoms with Crippen molar-refractivity contribution in [2.45, 2.75) is 20.8 Å². The van der Waals surface area contributed by atoms with Gasteiger partial charge in [0.25, 0.3) is 0 Å². The number of rotatable bonds is 2. The third-order valence-corrected chi connectivity index (χ3v) is 1.93. The van der Waals surface area contributed by atoms with Crippen LogP contribution >= 0.6 is 0 Å². The van der Waals surface area contributed by atoms with Gasteiger partial charge in [-0.1, -0.05) is 0 Å². The van der Waals surface area contributed by atoms with Crippen molar-refractivity contribution >= 4 is 17.6 Å². The molecule has 5 nitrogen and oxygen atoms in total. The average Bonchev–Trinajstić information content (AvgIpc) is 2.16. The highest BCUT2D eigenvalue weighted by molar-refractivity contribution is 5.91. The zero-order valence-corrected chi connectivity index (χ0v) is 9.33. The molecule has 0 saturated carbocycles. The van der Waals surface area contributed by atoms with Gasteiger partial charge in [0.1, 0.15) is 5.75 Å². The van der Waals surface area contributed by atoms with Crippen LogP contribution in [0.25, 0.3) is 0 Å². The molecule has 0 aromatic heterocycles. The normalized spacial score (nSPS) is 9.69. The van der Waals surface area contributed by atoms with E-state index in [2.05, 4.69) is 5.32 Å². The summed E-state index contributed by atoms with van der Waals surface area (Å²) in [5, 5.41) is 12.0. The monoisotopic (exact) mass is 223 g/mol. The van der Waals surface area contributed by atoms with Crippen molar-refractivity contribution < 1.29 is 19.4 Å². The van der Waals surface area contributed by atoms with Crippen molar-refractivity contribution in [3.63, 3.8) is 0 Å². The van der Waals surface area contributed by atoms with Gasteiger partial charge in [0.15, 0.2) is 5.75 Å². The summed E-state index contributed by atoms with van der Waals surface area (Å²) in [7, 11) is 0. The third kappa shape index (κ3) is 2.73. The molecule has 0 unspecified atom stereocenters. The van der Waals surface area contributed by atoms with Gasteiger partial charge in [-0.2, -0.15) is 0 Å². The first-order valence-electron chi connectivity index (χ1n) is 4.70. The molecule has 1 aromatic rings. The molecule has 0 atom stereocenters. The summed E-state index contributed by atoms with van der Waals surface area (Å²) >= 11 is 0. The third-order valence-electron chi connectivity index (χ3n) is 1.93. The molecule has 0 aliphatic carbocycles. The molecule has 0 heterocycles. The number of hydrogen-bond acceptors (Lipinski definition) is 4. The minimum Gasteiger partial charge on any atom is -0.508 e. The van der Waals surface area contributed by atoms with E-state index in [0.29, 0.717) is 11.3 Å². The Labute approximate surface area is 93.0 Å². The maximum atomic E-state index is 10.9. The first kappa shape index (κ1) is 12.0. The maximum Gasteiger partial charge on any atom is 0.308 e. The molecule has 0 bridgehead atoms. The van der Waals surface area contributed by atoms with Crippen LogP contribution in [0.5, 0.6) is 11.5 Å². The Morgan fingerprint density at radius 3 is 2.44 bits per heavy atom. The molecule has 86 valence electrons. The Hall–Kier alpha value is -2.04. The number of nitrogens with one attached hydrogen (secondary N) is 1. The molecule has 2 N–H and O–H groups in total. The number of ether oxygens (including phenoxy) is 1. The van der Waals surface area contributed by atoms with Crippen LogP contribution in [-0.2, 0) is 9.59 Å². The molecule has 0 aliphatic rings. The lowest BCUT2D eigenvalue weighted by Gasteiger charge is -2.12. The number of carbonyl (C=O) groups is 2. The molecule has 0 spiro atoms. The van der Waals surface area contributed by atoms with E-state index in [9.17, 15) is 14.7 Å². The zero-order valence-electron chi connectivity index (χ0n) is 9.33. The van der Waals surface area contributed by atoms with Crippen LogP contribution in [-0.4, -0.2) is 17.0 Å². The molecule has 5 heteroatoms. The summed E-state index contributed by atoms with van der Waals surface area (Å²) < 4.78 is 4.94. The van der Waals surface area contributed by atoms with Gasteiger partial charge in [0.05, 0.1) is 5.69 Å². The molecule has 0 saturated heterocycles. The predicted octanol–water partition coefficient (Wildman–Crippen LogP) is 1.58. The van der Waals surface area contributed by atoms with Gasteiger partial charge in [0.2, 0.25) is 5.91 Å². The molecule has 1 amide bonds. The van der Waals surface area contributed by atoms with E-state index >= 15 is 0 Å². The fourth-order valence-corrected chi connectivity index (χ4v) is 1.24. The fourth-order valence-electron chi connectivity index (χ4n) is 1.24. The quantitative estimate of drug-likeness (QED) is 0.453. The second-order valence-corrected chi connectivity index (χ2v) is 3.36. The number of benzene rings is 1. The van der Waals surface area contributed by atoms with Gasteiger partial charge >= 0.3 is 5.97 Å². The average molecular weight is 223 g/mol. The van der Waals surface area contributed by atoms with E-state index in [1.165, 1.54) is 26.0 Å². The summed E-state index contributed by atoms with van der Waals surface area (Å²) in [6, 6.07) is 2.90. The standard InChI is InChI=1S/C11H13NO4/c1-6-10(15)5-4-9(12-7(2)13)11(6)16-8(3)14/h4-5,15H,1-3H3,(H,12,13). The van der Waals surface area contributed by atoms with E-state index in [1.54, 1.807) is 6.92 Å². The van der Waals surface area contributed by atoms with Gasteiger partial charge in [-0.25, -0.2) is 0 Å². The second-order valence-electron chi connectivity index (χ2n) is 3.36. The van der Waals surface area contributed by atoms with Crippen molar-refractivity contribution in [2.24, 2.45) is 0 Å². The van der Waals surface area contributed by atoms with Crippen LogP contribution in [0.3, 0.4) is 0 Å². The molecule has 0 radical (unpaired) electrons. The van der Waals surface area contributed by atoms with Gasteiger partial charge in [0, 0.05) is 19.4 Å². The molecule has 16 heavy (non-hydrogen) atoms. The van der Waals surface area contributed by atoms with Gasteiger partial charge in [-0.15, -0.1) is 0 Å². The Morgan fingerprint density at radius 2 is 1.94 bits per heavy atom. The zero-order chi connectivity index (χ0) is 12.3. The number of phenols is 1. The highest BCUT2D eigenvalue weighted by Crippen LogP contribution is 2.34. The van der Waals surface area contributed by atoms with Crippen molar-refractivity contribution in [1.82, 2.24) is 0 Å². The lowest BCUT2D eigenvalue weighted by atomic mass is 10.1. The molecular formula is C11H13NO4. The van der Waals surface area contributed by atoms with E-state index in [4.69, 9.17) is 4.74 Å². The topological polar surface area (TPSA) is 75.6 Å².